The van der Waals surface area contributed by atoms with Gasteiger partial charge < -0.3 is 15.5 Å². The quantitative estimate of drug-likeness (QED) is 0.841. The van der Waals surface area contributed by atoms with Gasteiger partial charge in [-0.1, -0.05) is 20.3 Å². The van der Waals surface area contributed by atoms with Crippen LogP contribution in [0.5, 0.6) is 0 Å². The zero-order valence-electron chi connectivity index (χ0n) is 13.2. The van der Waals surface area contributed by atoms with Gasteiger partial charge in [-0.2, -0.15) is 0 Å². The Morgan fingerprint density at radius 3 is 2.45 bits per heavy atom. The average molecular weight is 328 g/mol. The Labute approximate surface area is 136 Å². The van der Waals surface area contributed by atoms with Crippen molar-refractivity contribution >= 4 is 30.7 Å². The molecule has 2 atom stereocenters. The second-order valence-corrected chi connectivity index (χ2v) is 5.95. The van der Waals surface area contributed by atoms with E-state index in [2.05, 4.69) is 11.9 Å². The lowest BCUT2D eigenvalue weighted by Crippen LogP contribution is -2.46. The van der Waals surface area contributed by atoms with Crippen LogP contribution in [0.4, 0.5) is 0 Å². The zero-order valence-corrected chi connectivity index (χ0v) is 14.8. The number of carbonyl (C=O) groups excluding carboxylic acids is 1. The number of halogens is 2. The van der Waals surface area contributed by atoms with E-state index in [1.54, 1.807) is 4.90 Å². The maximum absolute atomic E-state index is 12.0. The smallest absolute Gasteiger partial charge is 0.239 e. The van der Waals surface area contributed by atoms with Gasteiger partial charge in [0.05, 0.1) is 6.04 Å². The molecule has 0 spiro atoms. The minimum Gasteiger partial charge on any atom is -0.344 e. The van der Waals surface area contributed by atoms with E-state index in [-0.39, 0.29) is 42.7 Å². The summed E-state index contributed by atoms with van der Waals surface area (Å²) in [5.41, 5.74) is 5.90. The molecule has 0 aromatic carbocycles. The first-order valence-corrected chi connectivity index (χ1v) is 7.14. The lowest BCUT2D eigenvalue weighted by Gasteiger charge is -2.34. The highest BCUT2D eigenvalue weighted by Gasteiger charge is 2.23. The predicted octanol–water partition coefficient (Wildman–Crippen LogP) is 2.15. The van der Waals surface area contributed by atoms with Crippen LogP contribution < -0.4 is 5.73 Å². The second kappa shape index (κ2) is 10.7. The molecule has 1 heterocycles. The SMILES string of the molecule is CC(C)[C@H](N)C(=O)N(C)CCC1CCCCN1C.Cl.Cl. The van der Waals surface area contributed by atoms with Crippen LogP contribution >= 0.6 is 24.8 Å². The highest BCUT2D eigenvalue weighted by molar-refractivity contribution is 5.85. The number of nitrogens with zero attached hydrogens (tertiary/aromatic N) is 2. The van der Waals surface area contributed by atoms with Crippen LogP contribution in [0.1, 0.15) is 39.5 Å². The van der Waals surface area contributed by atoms with Crippen LogP contribution in [-0.2, 0) is 4.79 Å². The Hall–Kier alpha value is -0.0300. The molecule has 0 saturated carbocycles. The molecule has 0 aromatic rings. The van der Waals surface area contributed by atoms with Crippen molar-refractivity contribution in [3.05, 3.63) is 0 Å². The first kappa shape index (κ1) is 22.3. The van der Waals surface area contributed by atoms with Gasteiger partial charge in [-0.15, -0.1) is 24.8 Å². The van der Waals surface area contributed by atoms with Crippen molar-refractivity contribution in [2.45, 2.75) is 51.6 Å². The van der Waals surface area contributed by atoms with Crippen molar-refractivity contribution in [3.8, 4) is 0 Å². The minimum absolute atomic E-state index is 0. The molecule has 1 unspecified atom stereocenters. The zero-order chi connectivity index (χ0) is 13.7. The third-order valence-corrected chi connectivity index (χ3v) is 4.10. The Balaban J connectivity index is 0. The van der Waals surface area contributed by atoms with E-state index in [0.29, 0.717) is 6.04 Å². The predicted molar refractivity (Wildman–Crippen MR) is 89.8 cm³/mol. The summed E-state index contributed by atoms with van der Waals surface area (Å²) in [7, 11) is 4.05. The molecular formula is C14H31Cl2N3O. The maximum Gasteiger partial charge on any atom is 0.239 e. The number of hydrogen-bond donors (Lipinski definition) is 1. The molecule has 0 aliphatic carbocycles. The largest absolute Gasteiger partial charge is 0.344 e. The van der Waals surface area contributed by atoms with Gasteiger partial charge in [-0.25, -0.2) is 0 Å². The van der Waals surface area contributed by atoms with Crippen LogP contribution in [0.2, 0.25) is 0 Å². The Morgan fingerprint density at radius 2 is 1.95 bits per heavy atom. The lowest BCUT2D eigenvalue weighted by molar-refractivity contribution is -0.132. The van der Waals surface area contributed by atoms with Crippen molar-refractivity contribution in [3.63, 3.8) is 0 Å². The van der Waals surface area contributed by atoms with E-state index >= 15 is 0 Å². The Bertz CT molecular complexity index is 277. The molecule has 20 heavy (non-hydrogen) atoms. The Kier molecular flexibility index (Phi) is 11.9. The van der Waals surface area contributed by atoms with Crippen molar-refractivity contribution in [1.29, 1.82) is 0 Å². The van der Waals surface area contributed by atoms with E-state index in [1.807, 2.05) is 20.9 Å². The lowest BCUT2D eigenvalue weighted by atomic mass is 9.99. The number of nitrogens with two attached hydrogens (primary N) is 1. The molecule has 0 radical (unpaired) electrons. The molecule has 1 aliphatic rings. The van der Waals surface area contributed by atoms with Gasteiger partial charge in [-0.3, -0.25) is 4.79 Å². The number of rotatable bonds is 5. The summed E-state index contributed by atoms with van der Waals surface area (Å²) >= 11 is 0. The number of carbonyl (C=O) groups is 1. The first-order valence-electron chi connectivity index (χ1n) is 7.14. The number of likely N-dealkylation sites (tertiary alicyclic amines) is 1. The summed E-state index contributed by atoms with van der Waals surface area (Å²) in [5, 5.41) is 0. The highest BCUT2D eigenvalue weighted by atomic mass is 35.5. The molecule has 0 bridgehead atoms. The second-order valence-electron chi connectivity index (χ2n) is 5.95. The molecule has 1 saturated heterocycles. The number of likely N-dealkylation sites (N-methyl/N-ethyl adjacent to an activating group) is 1. The van der Waals surface area contributed by atoms with Crippen LogP contribution in [-0.4, -0.2) is 55.0 Å². The molecule has 122 valence electrons. The standard InChI is InChI=1S/C14H29N3O.2ClH/c1-11(2)13(15)14(18)17(4)10-8-12-7-5-6-9-16(12)3;;/h11-13H,5-10,15H2,1-4H3;2*1H/t12?,13-;;/m0../s1. The topological polar surface area (TPSA) is 49.6 Å². The summed E-state index contributed by atoms with van der Waals surface area (Å²) in [4.78, 5) is 16.2. The summed E-state index contributed by atoms with van der Waals surface area (Å²) in [5.74, 6) is 0.278. The molecular weight excluding hydrogens is 297 g/mol. The van der Waals surface area contributed by atoms with Crippen molar-refractivity contribution < 1.29 is 4.79 Å². The fraction of sp³-hybridized carbons (Fsp3) is 0.929. The summed E-state index contributed by atoms with van der Waals surface area (Å²) in [6, 6.07) is 0.267. The first-order chi connectivity index (χ1) is 8.43. The maximum atomic E-state index is 12.0. The molecule has 6 heteroatoms. The summed E-state index contributed by atoms with van der Waals surface area (Å²) in [6.07, 6.45) is 4.94. The van der Waals surface area contributed by atoms with Crippen LogP contribution in [0.15, 0.2) is 0 Å². The summed E-state index contributed by atoms with van der Waals surface area (Å²) in [6.45, 7) is 5.98. The number of amides is 1. The van der Waals surface area contributed by atoms with E-state index < -0.39 is 0 Å². The van der Waals surface area contributed by atoms with Crippen LogP contribution in [0.3, 0.4) is 0 Å². The fourth-order valence-corrected chi connectivity index (χ4v) is 2.50. The van der Waals surface area contributed by atoms with Gasteiger partial charge in [0, 0.05) is 19.6 Å². The van der Waals surface area contributed by atoms with Gasteiger partial charge in [0.1, 0.15) is 0 Å². The fourth-order valence-electron chi connectivity index (χ4n) is 2.50. The molecule has 0 aromatic heterocycles. The normalized spacial score (nSPS) is 20.8. The van der Waals surface area contributed by atoms with E-state index in [1.165, 1.54) is 25.8 Å². The van der Waals surface area contributed by atoms with Crippen molar-refractivity contribution in [2.24, 2.45) is 11.7 Å². The number of piperidine rings is 1. The minimum atomic E-state index is -0.362. The van der Waals surface area contributed by atoms with Gasteiger partial charge in [0.15, 0.2) is 0 Å². The molecule has 1 amide bonds. The molecule has 1 fully saturated rings. The average Bonchev–Trinajstić information content (AvgIpc) is 2.35. The monoisotopic (exact) mass is 327 g/mol. The number of hydrogen-bond acceptors (Lipinski definition) is 3. The Morgan fingerprint density at radius 1 is 1.35 bits per heavy atom. The van der Waals surface area contributed by atoms with Crippen molar-refractivity contribution in [2.75, 3.05) is 27.2 Å². The summed E-state index contributed by atoms with van der Waals surface area (Å²) < 4.78 is 0. The molecule has 2 N–H and O–H groups in total. The molecule has 1 aliphatic heterocycles. The van der Waals surface area contributed by atoms with Crippen molar-refractivity contribution in [1.82, 2.24) is 9.80 Å². The van der Waals surface area contributed by atoms with Crippen LogP contribution in [0, 0.1) is 5.92 Å². The molecule has 4 nitrogen and oxygen atoms in total. The van der Waals surface area contributed by atoms with Gasteiger partial charge in [0.2, 0.25) is 5.91 Å². The van der Waals surface area contributed by atoms with E-state index in [0.717, 1.165) is 13.0 Å². The highest BCUT2D eigenvalue weighted by Crippen LogP contribution is 2.18. The van der Waals surface area contributed by atoms with E-state index in [9.17, 15) is 4.79 Å². The van der Waals surface area contributed by atoms with Gasteiger partial charge in [-0.05, 0) is 38.8 Å². The van der Waals surface area contributed by atoms with Crippen LogP contribution in [0.25, 0.3) is 0 Å². The third-order valence-electron chi connectivity index (χ3n) is 4.10. The third kappa shape index (κ3) is 6.61. The molecule has 1 rings (SSSR count). The van der Waals surface area contributed by atoms with Gasteiger partial charge >= 0.3 is 0 Å². The van der Waals surface area contributed by atoms with E-state index in [4.69, 9.17) is 5.73 Å². The van der Waals surface area contributed by atoms with Gasteiger partial charge in [0.25, 0.3) is 0 Å².